The zero-order chi connectivity index (χ0) is 15.4. The lowest BCUT2D eigenvalue weighted by molar-refractivity contribution is 0.0464. The molecule has 0 atom stereocenters. The van der Waals surface area contributed by atoms with Crippen molar-refractivity contribution in [2.75, 3.05) is 0 Å². The molecule has 22 heavy (non-hydrogen) atoms. The van der Waals surface area contributed by atoms with Crippen LogP contribution in [0.4, 0.5) is 0 Å². The van der Waals surface area contributed by atoms with Crippen LogP contribution in [0, 0.1) is 0 Å². The van der Waals surface area contributed by atoms with Gasteiger partial charge in [0, 0.05) is 11.6 Å². The van der Waals surface area contributed by atoms with E-state index in [-0.39, 0.29) is 6.61 Å². The van der Waals surface area contributed by atoms with Gasteiger partial charge in [0.1, 0.15) is 12.3 Å². The second-order valence-corrected chi connectivity index (χ2v) is 5.01. The number of rotatable bonds is 4. The number of esters is 1. The van der Waals surface area contributed by atoms with Crippen LogP contribution in [0.15, 0.2) is 65.2 Å². The maximum atomic E-state index is 12.0. The first kappa shape index (κ1) is 14.4. The van der Waals surface area contributed by atoms with Gasteiger partial charge >= 0.3 is 5.97 Å². The van der Waals surface area contributed by atoms with Crippen LogP contribution in [-0.2, 0) is 11.3 Å². The molecule has 4 nitrogen and oxygen atoms in total. The lowest BCUT2D eigenvalue weighted by Crippen LogP contribution is -2.05. The van der Waals surface area contributed by atoms with Gasteiger partial charge in [0.15, 0.2) is 5.76 Å². The molecule has 0 spiro atoms. The summed E-state index contributed by atoms with van der Waals surface area (Å²) >= 11 is 5.95. The molecule has 3 aromatic rings. The molecule has 0 N–H and O–H groups in total. The van der Waals surface area contributed by atoms with Crippen LogP contribution >= 0.6 is 11.6 Å². The second kappa shape index (κ2) is 6.45. The molecule has 110 valence electrons. The van der Waals surface area contributed by atoms with E-state index in [1.807, 2.05) is 30.3 Å². The topological polar surface area (TPSA) is 52.3 Å². The lowest BCUT2D eigenvalue weighted by Gasteiger charge is -2.03. The summed E-state index contributed by atoms with van der Waals surface area (Å²) in [5, 5.41) is 4.25. The average Bonchev–Trinajstić information content (AvgIpc) is 3.03. The predicted octanol–water partition coefficient (Wildman–Crippen LogP) is 4.35. The van der Waals surface area contributed by atoms with Gasteiger partial charge in [-0.05, 0) is 12.1 Å². The number of benzene rings is 2. The van der Waals surface area contributed by atoms with Crippen molar-refractivity contribution in [3.05, 3.63) is 76.9 Å². The standard InChI is InChI=1S/C17H12ClNO3/c18-15-9-5-4-8-14(15)17(20)21-11-13-10-16(22-19-13)12-6-2-1-3-7-12/h1-10H,11H2. The Morgan fingerprint density at radius 1 is 1.09 bits per heavy atom. The van der Waals surface area contributed by atoms with Crippen molar-refractivity contribution in [3.63, 3.8) is 0 Å². The Morgan fingerprint density at radius 3 is 2.59 bits per heavy atom. The molecule has 0 aliphatic heterocycles. The van der Waals surface area contributed by atoms with E-state index in [4.69, 9.17) is 20.9 Å². The Labute approximate surface area is 132 Å². The molecule has 5 heteroatoms. The molecule has 1 aromatic heterocycles. The molecule has 0 radical (unpaired) electrons. The number of halogens is 1. The molecule has 0 amide bonds. The van der Waals surface area contributed by atoms with E-state index >= 15 is 0 Å². The number of nitrogens with zero attached hydrogens (tertiary/aromatic N) is 1. The molecule has 0 saturated carbocycles. The Morgan fingerprint density at radius 2 is 1.82 bits per heavy atom. The second-order valence-electron chi connectivity index (χ2n) is 4.60. The maximum absolute atomic E-state index is 12.0. The lowest BCUT2D eigenvalue weighted by atomic mass is 10.2. The molecule has 2 aromatic carbocycles. The summed E-state index contributed by atoms with van der Waals surface area (Å²) in [5.41, 5.74) is 1.79. The van der Waals surface area contributed by atoms with Gasteiger partial charge < -0.3 is 9.26 Å². The van der Waals surface area contributed by atoms with Crippen LogP contribution < -0.4 is 0 Å². The monoisotopic (exact) mass is 313 g/mol. The molecule has 0 unspecified atom stereocenters. The molecule has 0 saturated heterocycles. The van der Waals surface area contributed by atoms with Crippen LogP contribution in [0.3, 0.4) is 0 Å². The number of carbonyl (C=O) groups is 1. The van der Waals surface area contributed by atoms with Gasteiger partial charge in [-0.1, -0.05) is 59.2 Å². The number of hydrogen-bond acceptors (Lipinski definition) is 4. The average molecular weight is 314 g/mol. The zero-order valence-electron chi connectivity index (χ0n) is 11.5. The van der Waals surface area contributed by atoms with Crippen molar-refractivity contribution in [1.82, 2.24) is 5.16 Å². The minimum absolute atomic E-state index is 0.0282. The number of hydrogen-bond donors (Lipinski definition) is 0. The SMILES string of the molecule is O=C(OCc1cc(-c2ccccc2)on1)c1ccccc1Cl. The first-order valence-corrected chi connectivity index (χ1v) is 7.04. The van der Waals surface area contributed by atoms with E-state index in [2.05, 4.69) is 5.16 Å². The van der Waals surface area contributed by atoms with E-state index in [0.717, 1.165) is 5.56 Å². The maximum Gasteiger partial charge on any atom is 0.340 e. The van der Waals surface area contributed by atoms with E-state index < -0.39 is 5.97 Å². The van der Waals surface area contributed by atoms with E-state index in [9.17, 15) is 4.79 Å². The van der Waals surface area contributed by atoms with E-state index in [1.165, 1.54) is 0 Å². The zero-order valence-corrected chi connectivity index (χ0v) is 12.3. The molecule has 1 heterocycles. The fourth-order valence-electron chi connectivity index (χ4n) is 1.96. The van der Waals surface area contributed by atoms with Gasteiger partial charge in [0.25, 0.3) is 0 Å². The molecule has 0 fully saturated rings. The van der Waals surface area contributed by atoms with E-state index in [1.54, 1.807) is 30.3 Å². The Hall–Kier alpha value is -2.59. The van der Waals surface area contributed by atoms with Gasteiger partial charge in [0.2, 0.25) is 0 Å². The van der Waals surface area contributed by atoms with Crippen LogP contribution in [0.25, 0.3) is 11.3 Å². The van der Waals surface area contributed by atoms with Crippen molar-refractivity contribution in [1.29, 1.82) is 0 Å². The van der Waals surface area contributed by atoms with Gasteiger partial charge in [-0.25, -0.2) is 4.79 Å². The van der Waals surface area contributed by atoms with E-state index in [0.29, 0.717) is 22.0 Å². The van der Waals surface area contributed by atoms with Crippen LogP contribution in [0.2, 0.25) is 5.02 Å². The summed E-state index contributed by atoms with van der Waals surface area (Å²) in [6.07, 6.45) is 0. The van der Waals surface area contributed by atoms with Gasteiger partial charge in [0.05, 0.1) is 10.6 Å². The Bertz CT molecular complexity index is 783. The van der Waals surface area contributed by atoms with Crippen molar-refractivity contribution in [2.45, 2.75) is 6.61 Å². The fourth-order valence-corrected chi connectivity index (χ4v) is 2.18. The summed E-state index contributed by atoms with van der Waals surface area (Å²) in [6.45, 7) is 0.0282. The van der Waals surface area contributed by atoms with Crippen molar-refractivity contribution in [3.8, 4) is 11.3 Å². The first-order chi connectivity index (χ1) is 10.7. The van der Waals surface area contributed by atoms with Crippen LogP contribution in [0.5, 0.6) is 0 Å². The molecule has 0 bridgehead atoms. The summed E-state index contributed by atoms with van der Waals surface area (Å²) in [4.78, 5) is 12.0. The summed E-state index contributed by atoms with van der Waals surface area (Å²) < 4.78 is 10.4. The predicted molar refractivity (Wildman–Crippen MR) is 82.5 cm³/mol. The quantitative estimate of drug-likeness (QED) is 0.672. The van der Waals surface area contributed by atoms with Crippen molar-refractivity contribution in [2.24, 2.45) is 0 Å². The molecule has 0 aliphatic rings. The highest BCUT2D eigenvalue weighted by atomic mass is 35.5. The van der Waals surface area contributed by atoms with Crippen LogP contribution in [0.1, 0.15) is 16.1 Å². The minimum Gasteiger partial charge on any atom is -0.455 e. The molecular formula is C17H12ClNO3. The molecule has 3 rings (SSSR count). The highest BCUT2D eigenvalue weighted by Gasteiger charge is 2.13. The Kier molecular flexibility index (Phi) is 4.21. The molecular weight excluding hydrogens is 302 g/mol. The highest BCUT2D eigenvalue weighted by molar-refractivity contribution is 6.33. The Balaban J connectivity index is 1.67. The van der Waals surface area contributed by atoms with Crippen molar-refractivity contribution < 1.29 is 14.1 Å². The fraction of sp³-hybridized carbons (Fsp3) is 0.0588. The third kappa shape index (κ3) is 3.18. The number of carbonyl (C=O) groups excluding carboxylic acids is 1. The van der Waals surface area contributed by atoms with Gasteiger partial charge in [-0.15, -0.1) is 0 Å². The van der Waals surface area contributed by atoms with Crippen LogP contribution in [-0.4, -0.2) is 11.1 Å². The summed E-state index contributed by atoms with van der Waals surface area (Å²) in [7, 11) is 0. The number of aromatic nitrogens is 1. The largest absolute Gasteiger partial charge is 0.455 e. The third-order valence-electron chi connectivity index (χ3n) is 3.06. The third-order valence-corrected chi connectivity index (χ3v) is 3.39. The van der Waals surface area contributed by atoms with Gasteiger partial charge in [-0.2, -0.15) is 0 Å². The normalized spacial score (nSPS) is 10.4. The minimum atomic E-state index is -0.491. The van der Waals surface area contributed by atoms with Gasteiger partial charge in [-0.3, -0.25) is 0 Å². The summed E-state index contributed by atoms with van der Waals surface area (Å²) in [5.74, 6) is 0.138. The number of ether oxygens (including phenoxy) is 1. The first-order valence-electron chi connectivity index (χ1n) is 6.67. The molecule has 0 aliphatic carbocycles. The summed E-state index contributed by atoms with van der Waals surface area (Å²) in [6, 6.07) is 18.1. The van der Waals surface area contributed by atoms with Crippen molar-refractivity contribution >= 4 is 17.6 Å². The smallest absolute Gasteiger partial charge is 0.340 e. The highest BCUT2D eigenvalue weighted by Crippen LogP contribution is 2.21.